The number of nitrogens with one attached hydrogen (secondary N) is 1. The second-order valence-corrected chi connectivity index (χ2v) is 6.23. The second kappa shape index (κ2) is 9.80. The molecule has 0 aromatic heterocycles. The zero-order valence-corrected chi connectivity index (χ0v) is 16.9. The molecule has 148 valence electrons. The van der Waals surface area contributed by atoms with Crippen LogP contribution < -0.4 is 10.1 Å². The Morgan fingerprint density at radius 2 is 1.89 bits per heavy atom. The minimum absolute atomic E-state index is 0.229. The summed E-state index contributed by atoms with van der Waals surface area (Å²) in [4.78, 5) is 23.5. The fourth-order valence-electron chi connectivity index (χ4n) is 2.51. The van der Waals surface area contributed by atoms with E-state index in [1.807, 2.05) is 25.1 Å². The predicted molar refractivity (Wildman–Crippen MR) is 109 cm³/mol. The van der Waals surface area contributed by atoms with E-state index in [1.165, 1.54) is 26.4 Å². The standard InChI is InChI=1S/C21H22ClNO5/c1-5-28-20(24)9-7-14-10-13(2)6-8-17(14)23-18-12-19(26-3)15(11-16(18)22)21(25)27-4/h6-12,23H,5H2,1-4H3/b9-7+. The molecule has 1 N–H and O–H groups in total. The van der Waals surface area contributed by atoms with Crippen LogP contribution in [0.5, 0.6) is 5.75 Å². The molecular formula is C21H22ClNO5. The number of hydrogen-bond donors (Lipinski definition) is 1. The maximum Gasteiger partial charge on any atom is 0.341 e. The van der Waals surface area contributed by atoms with Crippen molar-refractivity contribution >= 4 is 41.0 Å². The van der Waals surface area contributed by atoms with Gasteiger partial charge in [-0.25, -0.2) is 9.59 Å². The Morgan fingerprint density at radius 3 is 2.54 bits per heavy atom. The molecule has 0 spiro atoms. The summed E-state index contributed by atoms with van der Waals surface area (Å²) in [5.41, 5.74) is 3.30. The Morgan fingerprint density at radius 1 is 1.14 bits per heavy atom. The van der Waals surface area contributed by atoms with Gasteiger partial charge < -0.3 is 19.5 Å². The third kappa shape index (κ3) is 5.27. The highest BCUT2D eigenvalue weighted by Gasteiger charge is 2.17. The van der Waals surface area contributed by atoms with Crippen LogP contribution in [0, 0.1) is 6.92 Å². The summed E-state index contributed by atoms with van der Waals surface area (Å²) >= 11 is 6.34. The fraction of sp³-hybridized carbons (Fsp3) is 0.238. The molecule has 7 heteroatoms. The van der Waals surface area contributed by atoms with Gasteiger partial charge in [-0.2, -0.15) is 0 Å². The first-order valence-corrected chi connectivity index (χ1v) is 8.95. The van der Waals surface area contributed by atoms with Crippen LogP contribution >= 0.6 is 11.6 Å². The molecule has 0 unspecified atom stereocenters. The number of aryl methyl sites for hydroxylation is 1. The van der Waals surface area contributed by atoms with E-state index in [1.54, 1.807) is 19.1 Å². The van der Waals surface area contributed by atoms with Crippen LogP contribution in [0.25, 0.3) is 6.08 Å². The summed E-state index contributed by atoms with van der Waals surface area (Å²) in [6, 6.07) is 8.82. The van der Waals surface area contributed by atoms with Crippen LogP contribution in [0.2, 0.25) is 5.02 Å². The van der Waals surface area contributed by atoms with Gasteiger partial charge in [-0.3, -0.25) is 0 Å². The lowest BCUT2D eigenvalue weighted by molar-refractivity contribution is -0.137. The molecule has 0 amide bonds. The van der Waals surface area contributed by atoms with Crippen LogP contribution in [0.15, 0.2) is 36.4 Å². The zero-order chi connectivity index (χ0) is 20.7. The number of anilines is 2. The first-order valence-electron chi connectivity index (χ1n) is 8.58. The van der Waals surface area contributed by atoms with Crippen molar-refractivity contribution in [1.82, 2.24) is 0 Å². The Bertz CT molecular complexity index is 908. The van der Waals surface area contributed by atoms with Gasteiger partial charge >= 0.3 is 11.9 Å². The number of ether oxygens (including phenoxy) is 3. The average molecular weight is 404 g/mol. The Hall–Kier alpha value is -2.99. The molecule has 0 aliphatic carbocycles. The van der Waals surface area contributed by atoms with Crippen molar-refractivity contribution < 1.29 is 23.8 Å². The van der Waals surface area contributed by atoms with Gasteiger partial charge in [0.2, 0.25) is 0 Å². The largest absolute Gasteiger partial charge is 0.496 e. The first kappa shape index (κ1) is 21.3. The Labute approximate surface area is 169 Å². The molecular weight excluding hydrogens is 382 g/mol. The van der Waals surface area contributed by atoms with E-state index < -0.39 is 11.9 Å². The van der Waals surface area contributed by atoms with Gasteiger partial charge in [-0.1, -0.05) is 23.2 Å². The van der Waals surface area contributed by atoms with E-state index in [2.05, 4.69) is 5.32 Å². The molecule has 0 aliphatic heterocycles. The highest BCUT2D eigenvalue weighted by Crippen LogP contribution is 2.34. The lowest BCUT2D eigenvalue weighted by atomic mass is 10.1. The van der Waals surface area contributed by atoms with Crippen molar-refractivity contribution in [2.24, 2.45) is 0 Å². The number of methoxy groups -OCH3 is 2. The van der Waals surface area contributed by atoms with E-state index in [-0.39, 0.29) is 5.56 Å². The highest BCUT2D eigenvalue weighted by molar-refractivity contribution is 6.33. The van der Waals surface area contributed by atoms with E-state index >= 15 is 0 Å². The molecule has 6 nitrogen and oxygen atoms in total. The minimum Gasteiger partial charge on any atom is -0.496 e. The summed E-state index contributed by atoms with van der Waals surface area (Å²) in [6.07, 6.45) is 3.03. The van der Waals surface area contributed by atoms with Crippen molar-refractivity contribution in [2.75, 3.05) is 26.1 Å². The summed E-state index contributed by atoms with van der Waals surface area (Å²) < 4.78 is 14.9. The predicted octanol–water partition coefficient (Wildman–Crippen LogP) is 4.76. The van der Waals surface area contributed by atoms with E-state index in [9.17, 15) is 9.59 Å². The molecule has 28 heavy (non-hydrogen) atoms. The number of esters is 2. The van der Waals surface area contributed by atoms with Gasteiger partial charge in [0, 0.05) is 17.8 Å². The molecule has 0 fully saturated rings. The van der Waals surface area contributed by atoms with Crippen molar-refractivity contribution in [2.45, 2.75) is 13.8 Å². The Kier molecular flexibility index (Phi) is 7.46. The van der Waals surface area contributed by atoms with Gasteiger partial charge in [-0.15, -0.1) is 0 Å². The molecule has 0 saturated heterocycles. The number of carbonyl (C=O) groups excluding carboxylic acids is 2. The van der Waals surface area contributed by atoms with Crippen molar-refractivity contribution in [1.29, 1.82) is 0 Å². The molecule has 2 rings (SSSR count). The van der Waals surface area contributed by atoms with E-state index in [4.69, 9.17) is 25.8 Å². The van der Waals surface area contributed by atoms with Gasteiger partial charge in [0.1, 0.15) is 11.3 Å². The molecule has 0 bridgehead atoms. The van der Waals surface area contributed by atoms with Gasteiger partial charge in [0.25, 0.3) is 0 Å². The van der Waals surface area contributed by atoms with Crippen LogP contribution in [0.3, 0.4) is 0 Å². The quantitative estimate of drug-likeness (QED) is 0.530. The third-order valence-electron chi connectivity index (χ3n) is 3.86. The highest BCUT2D eigenvalue weighted by atomic mass is 35.5. The molecule has 0 aliphatic rings. The SMILES string of the molecule is CCOC(=O)/C=C/c1cc(C)ccc1Nc1cc(OC)c(C(=O)OC)cc1Cl. The van der Waals surface area contributed by atoms with Gasteiger partial charge in [-0.05, 0) is 43.7 Å². The third-order valence-corrected chi connectivity index (χ3v) is 4.17. The molecule has 0 radical (unpaired) electrons. The number of benzene rings is 2. The van der Waals surface area contributed by atoms with Gasteiger partial charge in [0.15, 0.2) is 0 Å². The number of carbonyl (C=O) groups is 2. The maximum absolute atomic E-state index is 11.9. The molecule has 0 heterocycles. The Balaban J connectivity index is 2.40. The zero-order valence-electron chi connectivity index (χ0n) is 16.2. The van der Waals surface area contributed by atoms with E-state index in [0.717, 1.165) is 16.8 Å². The van der Waals surface area contributed by atoms with Gasteiger partial charge in [0.05, 0.1) is 31.5 Å². The van der Waals surface area contributed by atoms with Crippen LogP contribution in [-0.2, 0) is 14.3 Å². The molecule has 2 aromatic rings. The number of halogens is 1. The van der Waals surface area contributed by atoms with E-state index in [0.29, 0.717) is 23.1 Å². The summed E-state index contributed by atoms with van der Waals surface area (Å²) in [5.74, 6) is -0.634. The fourth-order valence-corrected chi connectivity index (χ4v) is 2.73. The molecule has 0 saturated carbocycles. The number of rotatable bonds is 7. The van der Waals surface area contributed by atoms with Crippen LogP contribution in [0.1, 0.15) is 28.4 Å². The van der Waals surface area contributed by atoms with Crippen molar-refractivity contribution in [3.05, 3.63) is 58.1 Å². The minimum atomic E-state index is -0.543. The normalized spacial score (nSPS) is 10.6. The molecule has 0 atom stereocenters. The van der Waals surface area contributed by atoms with Crippen molar-refractivity contribution in [3.8, 4) is 5.75 Å². The summed E-state index contributed by atoms with van der Waals surface area (Å²) in [5, 5.41) is 3.54. The van der Waals surface area contributed by atoms with Crippen LogP contribution in [0.4, 0.5) is 11.4 Å². The monoisotopic (exact) mass is 403 g/mol. The van der Waals surface area contributed by atoms with Crippen LogP contribution in [-0.4, -0.2) is 32.8 Å². The summed E-state index contributed by atoms with van der Waals surface area (Å²) in [7, 11) is 2.75. The smallest absolute Gasteiger partial charge is 0.341 e. The second-order valence-electron chi connectivity index (χ2n) is 5.83. The average Bonchev–Trinajstić information content (AvgIpc) is 2.68. The topological polar surface area (TPSA) is 73.9 Å². The van der Waals surface area contributed by atoms with Crippen molar-refractivity contribution in [3.63, 3.8) is 0 Å². The number of hydrogen-bond acceptors (Lipinski definition) is 6. The maximum atomic E-state index is 11.9. The lowest BCUT2D eigenvalue weighted by Crippen LogP contribution is -2.05. The first-order chi connectivity index (χ1) is 13.4. The molecule has 2 aromatic carbocycles. The lowest BCUT2D eigenvalue weighted by Gasteiger charge is -2.15. The summed E-state index contributed by atoms with van der Waals surface area (Å²) in [6.45, 7) is 4.01.